The van der Waals surface area contributed by atoms with Gasteiger partial charge in [0.1, 0.15) is 0 Å². The van der Waals surface area contributed by atoms with Crippen LogP contribution in [0.4, 0.5) is 0 Å². The molecule has 2 amide bonds. The highest BCUT2D eigenvalue weighted by Crippen LogP contribution is 2.48. The number of fused-ring (bicyclic) bond motifs is 2. The van der Waals surface area contributed by atoms with Crippen molar-refractivity contribution in [1.29, 1.82) is 0 Å². The summed E-state index contributed by atoms with van der Waals surface area (Å²) in [6, 6.07) is 0.0647. The lowest BCUT2D eigenvalue weighted by Crippen LogP contribution is -2.48. The molecule has 27 heavy (non-hydrogen) atoms. The highest BCUT2D eigenvalue weighted by atomic mass is 35.5. The van der Waals surface area contributed by atoms with Gasteiger partial charge in [-0.25, -0.2) is 0 Å². The van der Waals surface area contributed by atoms with Crippen LogP contribution in [-0.2, 0) is 9.59 Å². The van der Waals surface area contributed by atoms with Gasteiger partial charge in [-0.2, -0.15) is 0 Å². The summed E-state index contributed by atoms with van der Waals surface area (Å²) in [6.07, 6.45) is 4.47. The van der Waals surface area contributed by atoms with E-state index in [1.807, 2.05) is 23.6 Å². The van der Waals surface area contributed by atoms with Crippen LogP contribution in [0.2, 0.25) is 0 Å². The SMILES string of the molecule is CCN(CC)C(=O)CN1CCCN(C(=O)C2C3CCC(C3)C2N)CC1.Cl.Cl. The Morgan fingerprint density at radius 1 is 1.00 bits per heavy atom. The first-order chi connectivity index (χ1) is 12.0. The molecular weight excluding hydrogens is 387 g/mol. The highest BCUT2D eigenvalue weighted by Gasteiger charge is 2.50. The Labute approximate surface area is 176 Å². The Bertz CT molecular complexity index is 502. The summed E-state index contributed by atoms with van der Waals surface area (Å²) in [4.78, 5) is 31.5. The number of hydrogen-bond donors (Lipinski definition) is 1. The first-order valence-electron chi connectivity index (χ1n) is 10.1. The summed E-state index contributed by atoms with van der Waals surface area (Å²) < 4.78 is 0. The van der Waals surface area contributed by atoms with Crippen LogP contribution >= 0.6 is 24.8 Å². The zero-order chi connectivity index (χ0) is 18.0. The fourth-order valence-electron chi connectivity index (χ4n) is 5.13. The van der Waals surface area contributed by atoms with Crippen molar-refractivity contribution < 1.29 is 9.59 Å². The van der Waals surface area contributed by atoms with Crippen LogP contribution in [0, 0.1) is 17.8 Å². The minimum Gasteiger partial charge on any atom is -0.342 e. The Balaban J connectivity index is 0.00000182. The van der Waals surface area contributed by atoms with Crippen molar-refractivity contribution in [1.82, 2.24) is 14.7 Å². The second kappa shape index (κ2) is 10.8. The van der Waals surface area contributed by atoms with Crippen LogP contribution < -0.4 is 5.73 Å². The van der Waals surface area contributed by atoms with Crippen LogP contribution in [0.25, 0.3) is 0 Å². The standard InChI is InChI=1S/C19H34N4O2.2ClH/c1-3-22(4-2)16(24)13-21-8-5-9-23(11-10-21)19(25)17-14-6-7-15(12-14)18(17)20;;/h14-15,17-18H,3-13,20H2,1-2H3;2*1H. The Hall–Kier alpha value is -0.560. The van der Waals surface area contributed by atoms with Crippen molar-refractivity contribution in [3.63, 3.8) is 0 Å². The van der Waals surface area contributed by atoms with Gasteiger partial charge in [-0.05, 0) is 51.4 Å². The molecule has 0 spiro atoms. The fraction of sp³-hybridized carbons (Fsp3) is 0.895. The molecule has 2 bridgehead atoms. The van der Waals surface area contributed by atoms with E-state index in [-0.39, 0.29) is 48.6 Å². The smallest absolute Gasteiger partial charge is 0.236 e. The maximum atomic E-state index is 13.0. The van der Waals surface area contributed by atoms with E-state index >= 15 is 0 Å². The Kier molecular flexibility index (Phi) is 9.83. The number of halogens is 2. The van der Waals surface area contributed by atoms with Crippen molar-refractivity contribution in [3.8, 4) is 0 Å². The molecule has 0 aromatic heterocycles. The average molecular weight is 423 g/mol. The Morgan fingerprint density at radius 2 is 1.67 bits per heavy atom. The number of amides is 2. The van der Waals surface area contributed by atoms with E-state index in [2.05, 4.69) is 4.90 Å². The molecule has 0 aromatic carbocycles. The largest absolute Gasteiger partial charge is 0.342 e. The second-order valence-electron chi connectivity index (χ2n) is 7.96. The summed E-state index contributed by atoms with van der Waals surface area (Å²) in [6.45, 7) is 9.23. The van der Waals surface area contributed by atoms with Gasteiger partial charge in [0.15, 0.2) is 0 Å². The summed E-state index contributed by atoms with van der Waals surface area (Å²) in [5.74, 6) is 1.59. The van der Waals surface area contributed by atoms with Crippen molar-refractivity contribution >= 4 is 36.6 Å². The van der Waals surface area contributed by atoms with Gasteiger partial charge in [0.2, 0.25) is 11.8 Å². The Morgan fingerprint density at radius 3 is 2.26 bits per heavy atom. The van der Waals surface area contributed by atoms with E-state index in [1.165, 1.54) is 12.8 Å². The van der Waals surface area contributed by atoms with E-state index in [0.717, 1.165) is 52.1 Å². The minimum absolute atomic E-state index is 0. The van der Waals surface area contributed by atoms with Crippen LogP contribution in [0.1, 0.15) is 39.5 Å². The summed E-state index contributed by atoms with van der Waals surface area (Å²) in [7, 11) is 0. The van der Waals surface area contributed by atoms with Crippen molar-refractivity contribution in [2.45, 2.75) is 45.6 Å². The van der Waals surface area contributed by atoms with Crippen LogP contribution in [0.5, 0.6) is 0 Å². The number of nitrogens with zero attached hydrogens (tertiary/aromatic N) is 3. The molecule has 1 heterocycles. The normalized spacial score (nSPS) is 30.3. The third-order valence-corrected chi connectivity index (χ3v) is 6.64. The molecule has 2 aliphatic carbocycles. The summed E-state index contributed by atoms with van der Waals surface area (Å²) in [5, 5.41) is 0. The molecule has 2 N–H and O–H groups in total. The maximum Gasteiger partial charge on any atom is 0.236 e. The molecule has 3 rings (SSSR count). The third kappa shape index (κ3) is 5.28. The quantitative estimate of drug-likeness (QED) is 0.730. The lowest BCUT2D eigenvalue weighted by molar-refractivity contribution is -0.137. The van der Waals surface area contributed by atoms with E-state index in [9.17, 15) is 9.59 Å². The number of carbonyl (C=O) groups is 2. The molecule has 0 aromatic rings. The molecule has 1 saturated heterocycles. The van der Waals surface area contributed by atoms with E-state index in [0.29, 0.717) is 18.4 Å². The minimum atomic E-state index is 0. The number of carbonyl (C=O) groups excluding carboxylic acids is 2. The predicted molar refractivity (Wildman–Crippen MR) is 112 cm³/mol. The molecule has 4 atom stereocenters. The van der Waals surface area contributed by atoms with Crippen molar-refractivity contribution in [2.24, 2.45) is 23.5 Å². The first-order valence-corrected chi connectivity index (χ1v) is 10.1. The summed E-state index contributed by atoms with van der Waals surface area (Å²) in [5.41, 5.74) is 6.36. The van der Waals surface area contributed by atoms with Gasteiger partial charge in [-0.3, -0.25) is 14.5 Å². The number of nitrogens with two attached hydrogens (primary N) is 1. The topological polar surface area (TPSA) is 69.9 Å². The molecule has 158 valence electrons. The van der Waals surface area contributed by atoms with Crippen LogP contribution in [0.3, 0.4) is 0 Å². The van der Waals surface area contributed by atoms with Gasteiger partial charge >= 0.3 is 0 Å². The van der Waals surface area contributed by atoms with Gasteiger partial charge in [0.05, 0.1) is 12.5 Å². The molecule has 3 aliphatic rings. The van der Waals surface area contributed by atoms with Crippen molar-refractivity contribution in [3.05, 3.63) is 0 Å². The van der Waals surface area contributed by atoms with Crippen molar-refractivity contribution in [2.75, 3.05) is 45.8 Å². The lowest BCUT2D eigenvalue weighted by atomic mass is 9.84. The summed E-state index contributed by atoms with van der Waals surface area (Å²) >= 11 is 0. The number of rotatable bonds is 5. The van der Waals surface area contributed by atoms with Gasteiger partial charge < -0.3 is 15.5 Å². The first kappa shape index (κ1) is 24.5. The molecule has 1 aliphatic heterocycles. The van der Waals surface area contributed by atoms with Crippen LogP contribution in [-0.4, -0.2) is 78.4 Å². The zero-order valence-corrected chi connectivity index (χ0v) is 18.3. The fourth-order valence-corrected chi connectivity index (χ4v) is 5.13. The molecule has 2 saturated carbocycles. The second-order valence-corrected chi connectivity index (χ2v) is 7.96. The third-order valence-electron chi connectivity index (χ3n) is 6.64. The maximum absolute atomic E-state index is 13.0. The number of hydrogen-bond acceptors (Lipinski definition) is 4. The van der Waals surface area contributed by atoms with Crippen LogP contribution in [0.15, 0.2) is 0 Å². The van der Waals surface area contributed by atoms with E-state index < -0.39 is 0 Å². The highest BCUT2D eigenvalue weighted by molar-refractivity contribution is 5.85. The molecular formula is C19H36Cl2N4O2. The zero-order valence-electron chi connectivity index (χ0n) is 16.6. The molecule has 3 fully saturated rings. The molecule has 8 heteroatoms. The molecule has 0 radical (unpaired) electrons. The average Bonchev–Trinajstić information content (AvgIpc) is 3.10. The lowest BCUT2D eigenvalue weighted by Gasteiger charge is -2.32. The predicted octanol–water partition coefficient (Wildman–Crippen LogP) is 1.61. The van der Waals surface area contributed by atoms with E-state index in [1.54, 1.807) is 0 Å². The molecule has 6 nitrogen and oxygen atoms in total. The monoisotopic (exact) mass is 422 g/mol. The number of likely N-dealkylation sites (N-methyl/N-ethyl adjacent to an activating group) is 1. The van der Waals surface area contributed by atoms with Gasteiger partial charge in [0.25, 0.3) is 0 Å². The van der Waals surface area contributed by atoms with Gasteiger partial charge in [0, 0.05) is 45.3 Å². The van der Waals surface area contributed by atoms with Gasteiger partial charge in [-0.15, -0.1) is 24.8 Å². The van der Waals surface area contributed by atoms with Gasteiger partial charge in [-0.1, -0.05) is 0 Å². The molecule has 4 unspecified atom stereocenters. The van der Waals surface area contributed by atoms with E-state index in [4.69, 9.17) is 5.73 Å².